The number of nitrogens with one attached hydrogen (secondary N) is 1. The minimum atomic E-state index is -0.415. The summed E-state index contributed by atoms with van der Waals surface area (Å²) in [6.45, 7) is 5.45. The number of rotatable bonds is 5. The van der Waals surface area contributed by atoms with E-state index in [1.807, 2.05) is 25.4 Å². The number of aryl methyl sites for hydroxylation is 1. The van der Waals surface area contributed by atoms with Gasteiger partial charge in [0, 0.05) is 37.1 Å². The van der Waals surface area contributed by atoms with Crippen molar-refractivity contribution in [2.45, 2.75) is 33.0 Å². The van der Waals surface area contributed by atoms with E-state index in [1.165, 1.54) is 6.07 Å². The fraction of sp³-hybridized carbons (Fsp3) is 0.333. The summed E-state index contributed by atoms with van der Waals surface area (Å²) in [7, 11) is 0. The first kappa shape index (κ1) is 13.7. The molecule has 19 heavy (non-hydrogen) atoms. The van der Waals surface area contributed by atoms with Gasteiger partial charge in [-0.2, -0.15) is 0 Å². The Labute approximate surface area is 112 Å². The smallest absolute Gasteiger partial charge is 0.128 e. The largest absolute Gasteiger partial charge is 0.354 e. The van der Waals surface area contributed by atoms with E-state index in [0.29, 0.717) is 12.1 Å². The Morgan fingerprint density at radius 2 is 2.05 bits per heavy atom. The number of halogens is 2. The van der Waals surface area contributed by atoms with Crippen LogP contribution < -0.4 is 5.32 Å². The number of hydrogen-bond acceptors (Lipinski definition) is 1. The summed E-state index contributed by atoms with van der Waals surface area (Å²) in [5.74, 6) is -0.797. The lowest BCUT2D eigenvalue weighted by molar-refractivity contribution is 0.518. The fourth-order valence-corrected chi connectivity index (χ4v) is 2.02. The van der Waals surface area contributed by atoms with Crippen molar-refractivity contribution in [3.05, 3.63) is 59.4 Å². The first-order valence-electron chi connectivity index (χ1n) is 6.43. The van der Waals surface area contributed by atoms with Crippen molar-refractivity contribution in [3.8, 4) is 0 Å². The van der Waals surface area contributed by atoms with Crippen molar-refractivity contribution in [1.82, 2.24) is 9.88 Å². The third kappa shape index (κ3) is 3.41. The molecule has 0 saturated heterocycles. The van der Waals surface area contributed by atoms with Crippen LogP contribution >= 0.6 is 0 Å². The lowest BCUT2D eigenvalue weighted by Crippen LogP contribution is -2.19. The molecule has 0 spiro atoms. The summed E-state index contributed by atoms with van der Waals surface area (Å²) < 4.78 is 28.8. The molecule has 0 radical (unpaired) electrons. The molecule has 2 nitrogen and oxygen atoms in total. The van der Waals surface area contributed by atoms with E-state index in [9.17, 15) is 8.78 Å². The molecule has 1 N–H and O–H groups in total. The van der Waals surface area contributed by atoms with Gasteiger partial charge < -0.3 is 9.88 Å². The number of nitrogens with zero attached hydrogens (tertiary/aromatic N) is 1. The lowest BCUT2D eigenvalue weighted by Gasteiger charge is -2.14. The molecule has 1 aromatic carbocycles. The maximum Gasteiger partial charge on any atom is 0.128 e. The Morgan fingerprint density at radius 3 is 2.74 bits per heavy atom. The first-order valence-corrected chi connectivity index (χ1v) is 6.43. The highest BCUT2D eigenvalue weighted by Gasteiger charge is 2.11. The van der Waals surface area contributed by atoms with Crippen molar-refractivity contribution in [3.63, 3.8) is 0 Å². The summed E-state index contributed by atoms with van der Waals surface area (Å²) >= 11 is 0. The third-order valence-corrected chi connectivity index (χ3v) is 3.21. The van der Waals surface area contributed by atoms with Crippen LogP contribution in [0.5, 0.6) is 0 Å². The zero-order valence-corrected chi connectivity index (χ0v) is 11.2. The van der Waals surface area contributed by atoms with Crippen molar-refractivity contribution in [2.75, 3.05) is 0 Å². The van der Waals surface area contributed by atoms with Crippen LogP contribution in [-0.4, -0.2) is 4.57 Å². The minimum absolute atomic E-state index is 0.235. The van der Waals surface area contributed by atoms with Crippen LogP contribution in [0.2, 0.25) is 0 Å². The van der Waals surface area contributed by atoms with Crippen LogP contribution in [0.1, 0.15) is 31.0 Å². The molecular formula is C15H18F2N2. The SMILES string of the molecule is CCn1ccc(CNC(C)c2cc(F)ccc2F)c1. The molecule has 2 aromatic rings. The second kappa shape index (κ2) is 5.97. The van der Waals surface area contributed by atoms with Gasteiger partial charge in [-0.25, -0.2) is 8.78 Å². The minimum Gasteiger partial charge on any atom is -0.354 e. The topological polar surface area (TPSA) is 17.0 Å². The van der Waals surface area contributed by atoms with Crippen LogP contribution in [0.3, 0.4) is 0 Å². The van der Waals surface area contributed by atoms with Crippen molar-refractivity contribution in [1.29, 1.82) is 0 Å². The number of aromatic nitrogens is 1. The summed E-state index contributed by atoms with van der Waals surface area (Å²) in [6.07, 6.45) is 4.05. The highest BCUT2D eigenvalue weighted by molar-refractivity contribution is 5.22. The van der Waals surface area contributed by atoms with Crippen molar-refractivity contribution < 1.29 is 8.78 Å². The van der Waals surface area contributed by atoms with E-state index in [0.717, 1.165) is 24.2 Å². The molecule has 0 saturated carbocycles. The lowest BCUT2D eigenvalue weighted by atomic mass is 10.1. The maximum absolute atomic E-state index is 13.6. The highest BCUT2D eigenvalue weighted by Crippen LogP contribution is 2.18. The van der Waals surface area contributed by atoms with Crippen LogP contribution in [0.15, 0.2) is 36.7 Å². The molecule has 0 fully saturated rings. The molecule has 0 bridgehead atoms. The zero-order chi connectivity index (χ0) is 13.8. The molecule has 0 amide bonds. The van der Waals surface area contributed by atoms with Crippen LogP contribution in [0.4, 0.5) is 8.78 Å². The Hall–Kier alpha value is -1.68. The third-order valence-electron chi connectivity index (χ3n) is 3.21. The average Bonchev–Trinajstić information content (AvgIpc) is 2.87. The second-order valence-electron chi connectivity index (χ2n) is 4.62. The van der Waals surface area contributed by atoms with E-state index >= 15 is 0 Å². The molecule has 1 unspecified atom stereocenters. The van der Waals surface area contributed by atoms with E-state index in [4.69, 9.17) is 0 Å². The Kier molecular flexibility index (Phi) is 4.32. The molecule has 0 aliphatic heterocycles. The van der Waals surface area contributed by atoms with Crippen LogP contribution in [0, 0.1) is 11.6 Å². The fourth-order valence-electron chi connectivity index (χ4n) is 2.02. The maximum atomic E-state index is 13.6. The predicted molar refractivity (Wildman–Crippen MR) is 71.7 cm³/mol. The standard InChI is InChI=1S/C15H18F2N2/c1-3-19-7-6-12(10-19)9-18-11(2)14-8-13(16)4-5-15(14)17/h4-8,10-11,18H,3,9H2,1-2H3. The first-order chi connectivity index (χ1) is 9.10. The number of benzene rings is 1. The van der Waals surface area contributed by atoms with E-state index in [1.54, 1.807) is 0 Å². The average molecular weight is 264 g/mol. The highest BCUT2D eigenvalue weighted by atomic mass is 19.1. The van der Waals surface area contributed by atoms with Gasteiger partial charge in [0.25, 0.3) is 0 Å². The zero-order valence-electron chi connectivity index (χ0n) is 11.2. The predicted octanol–water partition coefficient (Wildman–Crippen LogP) is 3.64. The molecular weight excluding hydrogens is 246 g/mol. The van der Waals surface area contributed by atoms with Gasteiger partial charge in [-0.3, -0.25) is 0 Å². The summed E-state index contributed by atoms with van der Waals surface area (Å²) in [5.41, 5.74) is 1.49. The molecule has 102 valence electrons. The van der Waals surface area contributed by atoms with Crippen molar-refractivity contribution >= 4 is 0 Å². The quantitative estimate of drug-likeness (QED) is 0.872. The molecule has 1 aromatic heterocycles. The Balaban J connectivity index is 2.00. The Morgan fingerprint density at radius 1 is 1.26 bits per heavy atom. The molecule has 0 aliphatic carbocycles. The molecule has 1 heterocycles. The van der Waals surface area contributed by atoms with E-state index in [-0.39, 0.29) is 11.9 Å². The number of hydrogen-bond donors (Lipinski definition) is 1. The van der Waals surface area contributed by atoms with Crippen LogP contribution in [0.25, 0.3) is 0 Å². The van der Waals surface area contributed by atoms with E-state index < -0.39 is 5.82 Å². The van der Waals surface area contributed by atoms with Gasteiger partial charge in [0.2, 0.25) is 0 Å². The summed E-state index contributed by atoms with van der Waals surface area (Å²) in [6, 6.07) is 5.32. The Bertz CT molecular complexity index is 549. The molecule has 0 aliphatic rings. The van der Waals surface area contributed by atoms with Gasteiger partial charge >= 0.3 is 0 Å². The van der Waals surface area contributed by atoms with Gasteiger partial charge in [-0.1, -0.05) is 0 Å². The molecule has 4 heteroatoms. The summed E-state index contributed by atoms with van der Waals surface area (Å²) in [4.78, 5) is 0. The van der Waals surface area contributed by atoms with Crippen LogP contribution in [-0.2, 0) is 13.1 Å². The summed E-state index contributed by atoms with van der Waals surface area (Å²) in [5, 5.41) is 3.20. The monoisotopic (exact) mass is 264 g/mol. The second-order valence-corrected chi connectivity index (χ2v) is 4.62. The van der Waals surface area contributed by atoms with E-state index in [2.05, 4.69) is 16.8 Å². The molecule has 1 atom stereocenters. The van der Waals surface area contributed by atoms with Gasteiger partial charge in [-0.05, 0) is 43.7 Å². The normalized spacial score (nSPS) is 12.6. The van der Waals surface area contributed by atoms with Crippen molar-refractivity contribution in [2.24, 2.45) is 0 Å². The molecule has 2 rings (SSSR count). The van der Waals surface area contributed by atoms with Gasteiger partial charge in [0.15, 0.2) is 0 Å². The van der Waals surface area contributed by atoms with Gasteiger partial charge in [0.1, 0.15) is 11.6 Å². The van der Waals surface area contributed by atoms with Gasteiger partial charge in [-0.15, -0.1) is 0 Å². The van der Waals surface area contributed by atoms with Gasteiger partial charge in [0.05, 0.1) is 0 Å².